The Hall–Kier alpha value is -3.79. The smallest absolute Gasteiger partial charge is 0.229 e. The number of hydrogen-bond acceptors (Lipinski definition) is 7. The average molecular weight is 455 g/mol. The monoisotopic (exact) mass is 454 g/mol. The fourth-order valence-electron chi connectivity index (χ4n) is 3.44. The molecular weight excluding hydrogens is 432 g/mol. The van der Waals surface area contributed by atoms with Crippen LogP contribution in [0.3, 0.4) is 0 Å². The quantitative estimate of drug-likeness (QED) is 0.456. The molecule has 166 valence electrons. The second-order valence-corrected chi connectivity index (χ2v) is 8.76. The second kappa shape index (κ2) is 8.39. The number of nitrogens with one attached hydrogen (secondary N) is 1. The first-order valence-electron chi connectivity index (χ1n) is 9.54. The van der Waals surface area contributed by atoms with Crippen molar-refractivity contribution in [2.45, 2.75) is 0 Å². The topological polar surface area (TPSA) is 104 Å². The van der Waals surface area contributed by atoms with E-state index in [-0.39, 0.29) is 0 Å². The summed E-state index contributed by atoms with van der Waals surface area (Å²) in [6.07, 6.45) is 6.36. The molecule has 0 aliphatic rings. The molecule has 0 radical (unpaired) electrons. The van der Waals surface area contributed by atoms with Crippen molar-refractivity contribution in [3.63, 3.8) is 0 Å². The SMILES string of the molecule is COc1cc(-c2cnc3cnc(-c4cccc(NS(C)(=O)=O)c4)cn23)cc(OC)c1OC. The van der Waals surface area contributed by atoms with Crippen LogP contribution < -0.4 is 18.9 Å². The lowest BCUT2D eigenvalue weighted by Gasteiger charge is -2.14. The summed E-state index contributed by atoms with van der Waals surface area (Å²) < 4.78 is 43.9. The van der Waals surface area contributed by atoms with Gasteiger partial charge in [-0.2, -0.15) is 0 Å². The molecule has 4 rings (SSSR count). The van der Waals surface area contributed by atoms with Gasteiger partial charge in [-0.05, 0) is 24.3 Å². The van der Waals surface area contributed by atoms with Crippen molar-refractivity contribution in [3.05, 3.63) is 55.0 Å². The molecular formula is C22H22N4O5S. The van der Waals surface area contributed by atoms with Crippen molar-refractivity contribution in [1.82, 2.24) is 14.4 Å². The molecule has 2 aromatic heterocycles. The van der Waals surface area contributed by atoms with Gasteiger partial charge < -0.3 is 14.2 Å². The average Bonchev–Trinajstić information content (AvgIpc) is 3.20. The van der Waals surface area contributed by atoms with Crippen LogP contribution in [0.5, 0.6) is 17.2 Å². The summed E-state index contributed by atoms with van der Waals surface area (Å²) in [5.41, 5.74) is 4.14. The van der Waals surface area contributed by atoms with Crippen molar-refractivity contribution in [2.24, 2.45) is 0 Å². The molecule has 0 spiro atoms. The first-order valence-corrected chi connectivity index (χ1v) is 11.4. The van der Waals surface area contributed by atoms with Gasteiger partial charge in [-0.25, -0.2) is 13.4 Å². The summed E-state index contributed by atoms with van der Waals surface area (Å²) in [6.45, 7) is 0. The number of fused-ring (bicyclic) bond motifs is 1. The lowest BCUT2D eigenvalue weighted by atomic mass is 10.1. The van der Waals surface area contributed by atoms with Crippen molar-refractivity contribution in [2.75, 3.05) is 32.3 Å². The Morgan fingerprint density at radius 1 is 0.906 bits per heavy atom. The summed E-state index contributed by atoms with van der Waals surface area (Å²) in [5, 5.41) is 0. The van der Waals surface area contributed by atoms with E-state index in [1.54, 1.807) is 51.9 Å². The van der Waals surface area contributed by atoms with Crippen LogP contribution in [-0.4, -0.2) is 50.4 Å². The van der Waals surface area contributed by atoms with E-state index in [0.717, 1.165) is 23.1 Å². The Balaban J connectivity index is 1.82. The maximum atomic E-state index is 11.6. The van der Waals surface area contributed by atoms with Gasteiger partial charge in [-0.3, -0.25) is 14.1 Å². The fourth-order valence-corrected chi connectivity index (χ4v) is 3.99. The molecule has 0 amide bonds. The lowest BCUT2D eigenvalue weighted by Crippen LogP contribution is -2.09. The molecule has 10 heteroatoms. The number of rotatable bonds is 7. The highest BCUT2D eigenvalue weighted by Crippen LogP contribution is 2.41. The predicted molar refractivity (Wildman–Crippen MR) is 122 cm³/mol. The first-order chi connectivity index (χ1) is 15.3. The number of sulfonamides is 1. The largest absolute Gasteiger partial charge is 0.493 e. The molecule has 1 N–H and O–H groups in total. The van der Waals surface area contributed by atoms with E-state index in [9.17, 15) is 8.42 Å². The predicted octanol–water partition coefficient (Wildman–Crippen LogP) is 3.46. The summed E-state index contributed by atoms with van der Waals surface area (Å²) >= 11 is 0. The standard InChI is InChI=1S/C22H22N4O5S/c1-29-19-9-15(10-20(30-2)22(19)31-3)18-11-24-21-12-23-17(13-26(18)21)14-6-5-7-16(8-14)25-32(4,27)28/h5-13,25H,1-4H3. The van der Waals surface area contributed by atoms with Crippen molar-refractivity contribution >= 4 is 21.4 Å². The van der Waals surface area contributed by atoms with Crippen molar-refractivity contribution in [1.29, 1.82) is 0 Å². The van der Waals surface area contributed by atoms with Crippen LogP contribution in [0, 0.1) is 0 Å². The number of anilines is 1. The Morgan fingerprint density at radius 2 is 1.62 bits per heavy atom. The van der Waals surface area contributed by atoms with Crippen LogP contribution in [0.15, 0.2) is 55.0 Å². The fraction of sp³-hybridized carbons (Fsp3) is 0.182. The highest BCUT2D eigenvalue weighted by atomic mass is 32.2. The van der Waals surface area contributed by atoms with E-state index in [1.807, 2.05) is 28.8 Å². The zero-order valence-electron chi connectivity index (χ0n) is 18.0. The maximum Gasteiger partial charge on any atom is 0.229 e. The minimum Gasteiger partial charge on any atom is -0.493 e. The highest BCUT2D eigenvalue weighted by Gasteiger charge is 2.17. The van der Waals surface area contributed by atoms with Crippen molar-refractivity contribution < 1.29 is 22.6 Å². The summed E-state index contributed by atoms with van der Waals surface area (Å²) in [7, 11) is 1.30. The molecule has 0 aliphatic heterocycles. The van der Waals surface area contributed by atoms with Crippen LogP contribution in [0.2, 0.25) is 0 Å². The van der Waals surface area contributed by atoms with Gasteiger partial charge in [0.15, 0.2) is 17.1 Å². The molecule has 32 heavy (non-hydrogen) atoms. The Morgan fingerprint density at radius 3 is 2.25 bits per heavy atom. The Bertz CT molecular complexity index is 1370. The van der Waals surface area contributed by atoms with E-state index in [0.29, 0.717) is 34.3 Å². The summed E-state index contributed by atoms with van der Waals surface area (Å²) in [5.74, 6) is 1.57. The lowest BCUT2D eigenvalue weighted by molar-refractivity contribution is 0.324. The van der Waals surface area contributed by atoms with Gasteiger partial charge >= 0.3 is 0 Å². The van der Waals surface area contributed by atoms with Gasteiger partial charge in [-0.15, -0.1) is 0 Å². The molecule has 9 nitrogen and oxygen atoms in total. The second-order valence-electron chi connectivity index (χ2n) is 7.01. The third-order valence-corrected chi connectivity index (χ3v) is 5.42. The third-order valence-electron chi connectivity index (χ3n) is 4.82. The normalized spacial score (nSPS) is 11.4. The van der Waals surface area contributed by atoms with Gasteiger partial charge in [0.05, 0.1) is 51.4 Å². The van der Waals surface area contributed by atoms with Crippen LogP contribution in [0.1, 0.15) is 0 Å². The van der Waals surface area contributed by atoms with Gasteiger partial charge in [0.2, 0.25) is 15.8 Å². The van der Waals surface area contributed by atoms with Crippen LogP contribution >= 0.6 is 0 Å². The molecule has 2 aromatic carbocycles. The van der Waals surface area contributed by atoms with Gasteiger partial charge in [0.25, 0.3) is 0 Å². The van der Waals surface area contributed by atoms with Gasteiger partial charge in [0, 0.05) is 23.0 Å². The van der Waals surface area contributed by atoms with Crippen molar-refractivity contribution in [3.8, 4) is 39.8 Å². The van der Waals surface area contributed by atoms with E-state index >= 15 is 0 Å². The zero-order valence-corrected chi connectivity index (χ0v) is 18.8. The van der Waals surface area contributed by atoms with Gasteiger partial charge in [-0.1, -0.05) is 12.1 Å². The first kappa shape index (κ1) is 21.4. The number of hydrogen-bond donors (Lipinski definition) is 1. The number of aromatic nitrogens is 3. The Labute approximate surface area is 185 Å². The van der Waals surface area contributed by atoms with Crippen LogP contribution in [0.25, 0.3) is 28.2 Å². The minimum absolute atomic E-state index is 0.461. The maximum absolute atomic E-state index is 11.6. The van der Waals surface area contributed by atoms with Crippen LogP contribution in [0.4, 0.5) is 5.69 Å². The number of ether oxygens (including phenoxy) is 3. The van der Waals surface area contributed by atoms with E-state index in [2.05, 4.69) is 14.7 Å². The summed E-state index contributed by atoms with van der Waals surface area (Å²) in [4.78, 5) is 8.93. The molecule has 0 bridgehead atoms. The number of imidazole rings is 1. The molecule has 2 heterocycles. The highest BCUT2D eigenvalue weighted by molar-refractivity contribution is 7.92. The van der Waals surface area contributed by atoms with Gasteiger partial charge in [0.1, 0.15) is 0 Å². The molecule has 4 aromatic rings. The minimum atomic E-state index is -3.38. The third kappa shape index (κ3) is 4.17. The van der Waals surface area contributed by atoms with E-state index in [4.69, 9.17) is 14.2 Å². The Kier molecular flexibility index (Phi) is 5.62. The molecule has 0 saturated heterocycles. The van der Waals surface area contributed by atoms with Crippen LogP contribution in [-0.2, 0) is 10.0 Å². The molecule has 0 atom stereocenters. The molecule has 0 unspecified atom stereocenters. The number of nitrogens with zero attached hydrogens (tertiary/aromatic N) is 3. The molecule has 0 aliphatic carbocycles. The van der Waals surface area contributed by atoms with E-state index < -0.39 is 10.0 Å². The number of benzene rings is 2. The molecule has 0 saturated carbocycles. The number of methoxy groups -OCH3 is 3. The summed E-state index contributed by atoms with van der Waals surface area (Å²) in [6, 6.07) is 10.7. The zero-order chi connectivity index (χ0) is 22.9. The van der Waals surface area contributed by atoms with E-state index in [1.165, 1.54) is 0 Å². The molecule has 0 fully saturated rings.